The Morgan fingerprint density at radius 1 is 1.12 bits per heavy atom. The molecule has 1 aliphatic carbocycles. The molecule has 0 bridgehead atoms. The van der Waals surface area contributed by atoms with Crippen LogP contribution >= 0.6 is 0 Å². The highest BCUT2D eigenvalue weighted by atomic mass is 16.5. The van der Waals surface area contributed by atoms with Crippen molar-refractivity contribution in [2.45, 2.75) is 57.1 Å². The van der Waals surface area contributed by atoms with E-state index in [1.807, 2.05) is 4.90 Å². The molecule has 2 fully saturated rings. The highest BCUT2D eigenvalue weighted by molar-refractivity contribution is 5.74. The maximum Gasteiger partial charge on any atom is 0.317 e. The van der Waals surface area contributed by atoms with Crippen LogP contribution in [0, 0.1) is 0 Å². The fourth-order valence-electron chi connectivity index (χ4n) is 2.81. The Balaban J connectivity index is 1.72. The van der Waals surface area contributed by atoms with Crippen molar-refractivity contribution in [3.63, 3.8) is 0 Å². The Labute approximate surface area is 104 Å². The largest absolute Gasteiger partial charge is 0.381 e. The number of rotatable bonds is 2. The number of nitrogens with one attached hydrogen (secondary N) is 1. The van der Waals surface area contributed by atoms with Crippen molar-refractivity contribution in [2.75, 3.05) is 20.2 Å². The van der Waals surface area contributed by atoms with Gasteiger partial charge < -0.3 is 15.0 Å². The molecule has 1 heterocycles. The van der Waals surface area contributed by atoms with Crippen molar-refractivity contribution in [3.8, 4) is 0 Å². The summed E-state index contributed by atoms with van der Waals surface area (Å²) in [5, 5.41) is 3.17. The lowest BCUT2D eigenvalue weighted by molar-refractivity contribution is 0.0498. The summed E-state index contributed by atoms with van der Waals surface area (Å²) < 4.78 is 5.31. The number of amides is 2. The van der Waals surface area contributed by atoms with Crippen molar-refractivity contribution in [1.82, 2.24) is 10.2 Å². The third-order valence-electron chi connectivity index (χ3n) is 4.00. The molecule has 17 heavy (non-hydrogen) atoms. The van der Waals surface area contributed by atoms with E-state index in [0.717, 1.165) is 38.8 Å². The van der Waals surface area contributed by atoms with Crippen molar-refractivity contribution >= 4 is 6.03 Å². The second-order valence-electron chi connectivity index (χ2n) is 5.21. The number of carbonyl (C=O) groups is 1. The summed E-state index contributed by atoms with van der Waals surface area (Å²) in [5.41, 5.74) is 0. The molecule has 1 saturated carbocycles. The van der Waals surface area contributed by atoms with E-state index in [0.29, 0.717) is 12.1 Å². The molecule has 2 rings (SSSR count). The minimum absolute atomic E-state index is 0.131. The zero-order valence-electron chi connectivity index (χ0n) is 10.8. The number of urea groups is 1. The molecule has 2 aliphatic rings. The molecular formula is C13H24N2O2. The summed E-state index contributed by atoms with van der Waals surface area (Å²) in [6, 6.07) is 0.544. The Hall–Kier alpha value is -0.770. The SMILES string of the molecule is COC1CCN(C(=O)NC2CCCCC2)CC1. The van der Waals surface area contributed by atoms with Crippen LogP contribution in [-0.2, 0) is 4.74 Å². The molecule has 0 unspecified atom stereocenters. The average molecular weight is 240 g/mol. The quantitative estimate of drug-likeness (QED) is 0.803. The van der Waals surface area contributed by atoms with Crippen LogP contribution < -0.4 is 5.32 Å². The van der Waals surface area contributed by atoms with Gasteiger partial charge in [-0.05, 0) is 25.7 Å². The smallest absolute Gasteiger partial charge is 0.317 e. The summed E-state index contributed by atoms with van der Waals surface area (Å²) >= 11 is 0. The molecule has 0 aromatic rings. The van der Waals surface area contributed by atoms with Crippen LogP contribution in [0.15, 0.2) is 0 Å². The molecule has 1 saturated heterocycles. The first kappa shape index (κ1) is 12.7. The second-order valence-corrected chi connectivity index (χ2v) is 5.21. The van der Waals surface area contributed by atoms with Gasteiger partial charge in [-0.3, -0.25) is 0 Å². The summed E-state index contributed by atoms with van der Waals surface area (Å²) in [4.78, 5) is 14.0. The fourth-order valence-corrected chi connectivity index (χ4v) is 2.81. The van der Waals surface area contributed by atoms with Crippen LogP contribution in [-0.4, -0.2) is 43.3 Å². The standard InChI is InChI=1S/C13H24N2O2/c1-17-12-7-9-15(10-8-12)13(16)14-11-5-3-2-4-6-11/h11-12H,2-10H2,1H3,(H,14,16). The summed E-state index contributed by atoms with van der Waals surface area (Å²) in [5.74, 6) is 0. The first-order chi connectivity index (χ1) is 8.29. The molecule has 0 atom stereocenters. The van der Waals surface area contributed by atoms with Gasteiger partial charge in [-0.25, -0.2) is 4.79 Å². The number of hydrogen-bond donors (Lipinski definition) is 1. The third-order valence-corrected chi connectivity index (χ3v) is 4.00. The summed E-state index contributed by atoms with van der Waals surface area (Å²) in [6.07, 6.45) is 8.43. The summed E-state index contributed by atoms with van der Waals surface area (Å²) in [6.45, 7) is 1.66. The molecule has 1 aliphatic heterocycles. The van der Waals surface area contributed by atoms with E-state index < -0.39 is 0 Å². The molecule has 0 spiro atoms. The van der Waals surface area contributed by atoms with Gasteiger partial charge in [0, 0.05) is 26.2 Å². The van der Waals surface area contributed by atoms with Gasteiger partial charge in [0.05, 0.1) is 6.10 Å². The van der Waals surface area contributed by atoms with Gasteiger partial charge in [0.2, 0.25) is 0 Å². The lowest BCUT2D eigenvalue weighted by atomic mass is 9.96. The molecule has 4 heteroatoms. The van der Waals surface area contributed by atoms with Crippen molar-refractivity contribution in [1.29, 1.82) is 0 Å². The van der Waals surface area contributed by atoms with Gasteiger partial charge in [0.25, 0.3) is 0 Å². The Morgan fingerprint density at radius 2 is 1.76 bits per heavy atom. The number of piperidine rings is 1. The number of nitrogens with zero attached hydrogens (tertiary/aromatic N) is 1. The van der Waals surface area contributed by atoms with E-state index in [2.05, 4.69) is 5.32 Å². The minimum Gasteiger partial charge on any atom is -0.381 e. The van der Waals surface area contributed by atoms with Crippen molar-refractivity contribution in [3.05, 3.63) is 0 Å². The molecule has 98 valence electrons. The summed E-state index contributed by atoms with van der Waals surface area (Å²) in [7, 11) is 1.75. The average Bonchev–Trinajstić information content (AvgIpc) is 2.40. The Bertz CT molecular complexity index is 244. The Kier molecular flexibility index (Phi) is 4.66. The van der Waals surface area contributed by atoms with Crippen LogP contribution in [0.4, 0.5) is 4.79 Å². The predicted molar refractivity (Wildman–Crippen MR) is 67.0 cm³/mol. The van der Waals surface area contributed by atoms with Gasteiger partial charge in [-0.15, -0.1) is 0 Å². The topological polar surface area (TPSA) is 41.6 Å². The molecule has 4 nitrogen and oxygen atoms in total. The lowest BCUT2D eigenvalue weighted by Gasteiger charge is -2.33. The number of ether oxygens (including phenoxy) is 1. The number of likely N-dealkylation sites (tertiary alicyclic amines) is 1. The zero-order chi connectivity index (χ0) is 12.1. The number of hydrogen-bond acceptors (Lipinski definition) is 2. The van der Waals surface area contributed by atoms with Gasteiger partial charge in [0.15, 0.2) is 0 Å². The van der Waals surface area contributed by atoms with E-state index in [1.165, 1.54) is 19.3 Å². The lowest BCUT2D eigenvalue weighted by Crippen LogP contribution is -2.49. The van der Waals surface area contributed by atoms with Gasteiger partial charge in [-0.2, -0.15) is 0 Å². The molecule has 0 aromatic heterocycles. The first-order valence-electron chi connectivity index (χ1n) is 6.88. The molecule has 2 amide bonds. The van der Waals surface area contributed by atoms with E-state index in [4.69, 9.17) is 4.74 Å². The van der Waals surface area contributed by atoms with Gasteiger partial charge in [-0.1, -0.05) is 19.3 Å². The van der Waals surface area contributed by atoms with Gasteiger partial charge in [0.1, 0.15) is 0 Å². The fraction of sp³-hybridized carbons (Fsp3) is 0.923. The number of carbonyl (C=O) groups excluding carboxylic acids is 1. The Morgan fingerprint density at radius 3 is 2.35 bits per heavy atom. The molecular weight excluding hydrogens is 216 g/mol. The van der Waals surface area contributed by atoms with E-state index in [1.54, 1.807) is 7.11 Å². The van der Waals surface area contributed by atoms with E-state index in [-0.39, 0.29) is 6.03 Å². The van der Waals surface area contributed by atoms with Crippen LogP contribution in [0.2, 0.25) is 0 Å². The van der Waals surface area contributed by atoms with Crippen LogP contribution in [0.1, 0.15) is 44.9 Å². The maximum absolute atomic E-state index is 12.0. The van der Waals surface area contributed by atoms with Gasteiger partial charge >= 0.3 is 6.03 Å². The first-order valence-corrected chi connectivity index (χ1v) is 6.88. The minimum atomic E-state index is 0.131. The van der Waals surface area contributed by atoms with Crippen molar-refractivity contribution in [2.24, 2.45) is 0 Å². The van der Waals surface area contributed by atoms with Crippen molar-refractivity contribution < 1.29 is 9.53 Å². The highest BCUT2D eigenvalue weighted by Crippen LogP contribution is 2.18. The molecule has 0 aromatic carbocycles. The third kappa shape index (κ3) is 3.60. The second kappa shape index (κ2) is 6.24. The van der Waals surface area contributed by atoms with Crippen LogP contribution in [0.5, 0.6) is 0 Å². The van der Waals surface area contributed by atoms with Crippen LogP contribution in [0.25, 0.3) is 0 Å². The normalized spacial score (nSPS) is 23.7. The molecule has 0 radical (unpaired) electrons. The predicted octanol–water partition coefficient (Wildman–Crippen LogP) is 2.14. The van der Waals surface area contributed by atoms with E-state index >= 15 is 0 Å². The maximum atomic E-state index is 12.0. The molecule has 1 N–H and O–H groups in total. The zero-order valence-corrected chi connectivity index (χ0v) is 10.8. The van der Waals surface area contributed by atoms with Crippen LogP contribution in [0.3, 0.4) is 0 Å². The monoisotopic (exact) mass is 240 g/mol. The highest BCUT2D eigenvalue weighted by Gasteiger charge is 2.24. The number of methoxy groups -OCH3 is 1. The van der Waals surface area contributed by atoms with E-state index in [9.17, 15) is 4.79 Å².